The highest BCUT2D eigenvalue weighted by molar-refractivity contribution is 4.75. The molecule has 0 aromatic rings. The topological polar surface area (TPSA) is 49.7 Å². The third-order valence-corrected chi connectivity index (χ3v) is 2.89. The number of hydrogen-bond acceptors (Lipinski definition) is 3. The summed E-state index contributed by atoms with van der Waals surface area (Å²) in [5, 5.41) is 19.0. The van der Waals surface area contributed by atoms with Gasteiger partial charge in [-0.3, -0.25) is 0 Å². The lowest BCUT2D eigenvalue weighted by atomic mass is 9.89. The van der Waals surface area contributed by atoms with Crippen molar-refractivity contribution in [2.24, 2.45) is 11.8 Å². The van der Waals surface area contributed by atoms with Gasteiger partial charge in [0, 0.05) is 12.5 Å². The molecule has 0 aromatic carbocycles. The normalized spacial score (nSPS) is 17.4. The van der Waals surface area contributed by atoms with Gasteiger partial charge in [-0.25, -0.2) is 0 Å². The number of rotatable bonds is 9. The molecule has 3 atom stereocenters. The average Bonchev–Trinajstić information content (AvgIpc) is 2.21. The second-order valence-electron chi connectivity index (χ2n) is 4.97. The van der Waals surface area contributed by atoms with Crippen LogP contribution in [0.1, 0.15) is 47.0 Å². The van der Waals surface area contributed by atoms with Crippen LogP contribution in [0, 0.1) is 11.8 Å². The molecule has 0 radical (unpaired) electrons. The zero-order valence-electron chi connectivity index (χ0n) is 11.1. The standard InChI is InChI=1S/C13H28O3/c1-5-8-16-13(9-14)12(11(4)15)7-6-10(2)3/h10-15H,5-9H2,1-4H3/t11-,12-,13-/m0/s1. The summed E-state index contributed by atoms with van der Waals surface area (Å²) in [6.07, 6.45) is 2.26. The molecule has 0 aliphatic rings. The van der Waals surface area contributed by atoms with E-state index in [0.29, 0.717) is 12.5 Å². The maximum Gasteiger partial charge on any atom is 0.0858 e. The summed E-state index contributed by atoms with van der Waals surface area (Å²) in [7, 11) is 0. The Morgan fingerprint density at radius 1 is 1.12 bits per heavy atom. The fourth-order valence-corrected chi connectivity index (χ4v) is 1.84. The summed E-state index contributed by atoms with van der Waals surface area (Å²) in [4.78, 5) is 0. The van der Waals surface area contributed by atoms with Crippen LogP contribution in [0.5, 0.6) is 0 Å². The largest absolute Gasteiger partial charge is 0.394 e. The van der Waals surface area contributed by atoms with Crippen molar-refractivity contribution in [3.05, 3.63) is 0 Å². The molecular formula is C13H28O3. The lowest BCUT2D eigenvalue weighted by Crippen LogP contribution is -2.35. The average molecular weight is 232 g/mol. The smallest absolute Gasteiger partial charge is 0.0858 e. The van der Waals surface area contributed by atoms with Gasteiger partial charge in [-0.2, -0.15) is 0 Å². The van der Waals surface area contributed by atoms with Crippen LogP contribution in [0.3, 0.4) is 0 Å². The Morgan fingerprint density at radius 2 is 1.75 bits per heavy atom. The van der Waals surface area contributed by atoms with Crippen molar-refractivity contribution in [3.8, 4) is 0 Å². The van der Waals surface area contributed by atoms with Gasteiger partial charge in [0.2, 0.25) is 0 Å². The Morgan fingerprint density at radius 3 is 2.12 bits per heavy atom. The summed E-state index contributed by atoms with van der Waals surface area (Å²) in [5.41, 5.74) is 0. The molecule has 3 heteroatoms. The Kier molecular flexibility index (Phi) is 8.90. The molecule has 0 fully saturated rings. The van der Waals surface area contributed by atoms with Crippen LogP contribution < -0.4 is 0 Å². The second-order valence-corrected chi connectivity index (χ2v) is 4.97. The maximum absolute atomic E-state index is 9.73. The first kappa shape index (κ1) is 15.9. The van der Waals surface area contributed by atoms with Crippen molar-refractivity contribution >= 4 is 0 Å². The Hall–Kier alpha value is -0.120. The van der Waals surface area contributed by atoms with E-state index < -0.39 is 6.10 Å². The van der Waals surface area contributed by atoms with Gasteiger partial charge in [0.05, 0.1) is 18.8 Å². The highest BCUT2D eigenvalue weighted by atomic mass is 16.5. The van der Waals surface area contributed by atoms with Crippen molar-refractivity contribution in [3.63, 3.8) is 0 Å². The van der Waals surface area contributed by atoms with Gasteiger partial charge < -0.3 is 14.9 Å². The number of ether oxygens (including phenoxy) is 1. The summed E-state index contributed by atoms with van der Waals surface area (Å²) in [5.74, 6) is 0.658. The van der Waals surface area contributed by atoms with Crippen LogP contribution in [0.4, 0.5) is 0 Å². The number of aliphatic hydroxyl groups excluding tert-OH is 2. The molecular weight excluding hydrogens is 204 g/mol. The quantitative estimate of drug-likeness (QED) is 0.641. The van der Waals surface area contributed by atoms with Crippen molar-refractivity contribution < 1.29 is 14.9 Å². The second kappa shape index (κ2) is 8.97. The zero-order chi connectivity index (χ0) is 12.6. The molecule has 0 aliphatic carbocycles. The molecule has 0 saturated heterocycles. The Bertz CT molecular complexity index is 157. The van der Waals surface area contributed by atoms with E-state index >= 15 is 0 Å². The molecule has 0 unspecified atom stereocenters. The van der Waals surface area contributed by atoms with Gasteiger partial charge >= 0.3 is 0 Å². The first-order valence-electron chi connectivity index (χ1n) is 6.43. The van der Waals surface area contributed by atoms with Crippen LogP contribution in [0.25, 0.3) is 0 Å². The first-order valence-corrected chi connectivity index (χ1v) is 6.43. The molecule has 0 spiro atoms. The van der Waals surface area contributed by atoms with Gasteiger partial charge in [-0.15, -0.1) is 0 Å². The molecule has 0 rings (SSSR count). The van der Waals surface area contributed by atoms with E-state index in [9.17, 15) is 10.2 Å². The van der Waals surface area contributed by atoms with Crippen LogP contribution in [0.2, 0.25) is 0 Å². The van der Waals surface area contributed by atoms with E-state index in [1.807, 2.05) is 6.92 Å². The predicted molar refractivity (Wildman–Crippen MR) is 66.4 cm³/mol. The molecule has 0 bridgehead atoms. The van der Waals surface area contributed by atoms with Gasteiger partial charge in [0.25, 0.3) is 0 Å². The van der Waals surface area contributed by atoms with Crippen molar-refractivity contribution in [1.29, 1.82) is 0 Å². The lowest BCUT2D eigenvalue weighted by molar-refractivity contribution is -0.0611. The molecule has 0 aliphatic heterocycles. The van der Waals surface area contributed by atoms with Gasteiger partial charge in [0.1, 0.15) is 0 Å². The third-order valence-electron chi connectivity index (χ3n) is 2.89. The molecule has 3 nitrogen and oxygen atoms in total. The fraction of sp³-hybridized carbons (Fsp3) is 1.00. The molecule has 0 aromatic heterocycles. The van der Waals surface area contributed by atoms with E-state index in [-0.39, 0.29) is 18.6 Å². The highest BCUT2D eigenvalue weighted by Crippen LogP contribution is 2.21. The minimum atomic E-state index is -0.423. The molecule has 0 heterocycles. The molecule has 98 valence electrons. The van der Waals surface area contributed by atoms with Crippen LogP contribution in [-0.2, 0) is 4.74 Å². The van der Waals surface area contributed by atoms with Gasteiger partial charge in [-0.05, 0) is 25.7 Å². The van der Waals surface area contributed by atoms with Crippen molar-refractivity contribution in [2.45, 2.75) is 59.2 Å². The fourth-order valence-electron chi connectivity index (χ4n) is 1.84. The third kappa shape index (κ3) is 6.46. The molecule has 0 saturated carbocycles. The van der Waals surface area contributed by atoms with E-state index in [1.165, 1.54) is 0 Å². The summed E-state index contributed by atoms with van der Waals surface area (Å²) >= 11 is 0. The van der Waals surface area contributed by atoms with Gasteiger partial charge in [0.15, 0.2) is 0 Å². The monoisotopic (exact) mass is 232 g/mol. The predicted octanol–water partition coefficient (Wildman–Crippen LogP) is 2.21. The SMILES string of the molecule is CCCO[C@@H](CO)[C@@H](CCC(C)C)[C@H](C)O. The maximum atomic E-state index is 9.73. The summed E-state index contributed by atoms with van der Waals surface area (Å²) in [6, 6.07) is 0. The molecule has 2 N–H and O–H groups in total. The lowest BCUT2D eigenvalue weighted by Gasteiger charge is -2.28. The van der Waals surface area contributed by atoms with Crippen LogP contribution >= 0.6 is 0 Å². The van der Waals surface area contributed by atoms with E-state index in [1.54, 1.807) is 6.92 Å². The number of hydrogen-bond donors (Lipinski definition) is 2. The Labute approximate surface area is 99.8 Å². The summed E-state index contributed by atoms with van der Waals surface area (Å²) in [6.45, 7) is 8.80. The van der Waals surface area contributed by atoms with Gasteiger partial charge in [-0.1, -0.05) is 27.2 Å². The summed E-state index contributed by atoms with van der Waals surface area (Å²) < 4.78 is 5.59. The Balaban J connectivity index is 4.23. The van der Waals surface area contributed by atoms with Crippen molar-refractivity contribution in [2.75, 3.05) is 13.2 Å². The van der Waals surface area contributed by atoms with E-state index in [4.69, 9.17) is 4.74 Å². The highest BCUT2D eigenvalue weighted by Gasteiger charge is 2.25. The number of aliphatic hydroxyl groups is 2. The minimum absolute atomic E-state index is 0.00629. The van der Waals surface area contributed by atoms with E-state index in [0.717, 1.165) is 19.3 Å². The van der Waals surface area contributed by atoms with Crippen molar-refractivity contribution in [1.82, 2.24) is 0 Å². The molecule has 16 heavy (non-hydrogen) atoms. The van der Waals surface area contributed by atoms with E-state index in [2.05, 4.69) is 13.8 Å². The minimum Gasteiger partial charge on any atom is -0.394 e. The van der Waals surface area contributed by atoms with Crippen LogP contribution in [-0.4, -0.2) is 35.6 Å². The van der Waals surface area contributed by atoms with Crippen LogP contribution in [0.15, 0.2) is 0 Å². The molecule has 0 amide bonds. The first-order chi connectivity index (χ1) is 7.52. The zero-order valence-corrected chi connectivity index (χ0v) is 11.1.